The standard InChI is InChI=1S/C18H17ClN2O2/c19-14-6-2-1-5-13(14)12-21-15-7-10-23-17(15)11-16(21)18(22)20-8-3-4-9-20/h1-2,5-7,10-11H,3-4,8-9,12H2. The lowest BCUT2D eigenvalue weighted by Crippen LogP contribution is -2.29. The molecule has 5 heteroatoms. The maximum absolute atomic E-state index is 12.8. The molecule has 0 bridgehead atoms. The Bertz CT molecular complexity index is 859. The first-order chi connectivity index (χ1) is 11.2. The van der Waals surface area contributed by atoms with Gasteiger partial charge in [0.25, 0.3) is 5.91 Å². The van der Waals surface area contributed by atoms with E-state index >= 15 is 0 Å². The van der Waals surface area contributed by atoms with E-state index in [9.17, 15) is 4.79 Å². The van der Waals surface area contributed by atoms with Crippen LogP contribution in [0.2, 0.25) is 5.02 Å². The summed E-state index contributed by atoms with van der Waals surface area (Å²) < 4.78 is 7.50. The Morgan fingerprint density at radius 1 is 1.17 bits per heavy atom. The molecule has 4 nitrogen and oxygen atoms in total. The molecule has 4 rings (SSSR count). The highest BCUT2D eigenvalue weighted by molar-refractivity contribution is 6.31. The number of aromatic nitrogens is 1. The topological polar surface area (TPSA) is 38.4 Å². The molecule has 1 saturated heterocycles. The van der Waals surface area contributed by atoms with Gasteiger partial charge in [-0.1, -0.05) is 29.8 Å². The monoisotopic (exact) mass is 328 g/mol. The van der Waals surface area contributed by atoms with Gasteiger partial charge in [0, 0.05) is 36.8 Å². The molecule has 1 fully saturated rings. The van der Waals surface area contributed by atoms with Gasteiger partial charge >= 0.3 is 0 Å². The van der Waals surface area contributed by atoms with Crippen molar-refractivity contribution in [2.24, 2.45) is 0 Å². The van der Waals surface area contributed by atoms with Crippen molar-refractivity contribution in [3.05, 3.63) is 58.9 Å². The summed E-state index contributed by atoms with van der Waals surface area (Å²) in [6, 6.07) is 11.5. The van der Waals surface area contributed by atoms with Gasteiger partial charge < -0.3 is 13.9 Å². The van der Waals surface area contributed by atoms with Crippen molar-refractivity contribution in [3.8, 4) is 0 Å². The summed E-state index contributed by atoms with van der Waals surface area (Å²) in [5, 5.41) is 0.706. The number of rotatable bonds is 3. The summed E-state index contributed by atoms with van der Waals surface area (Å²) >= 11 is 6.29. The van der Waals surface area contributed by atoms with Crippen LogP contribution in [-0.4, -0.2) is 28.5 Å². The second-order valence-electron chi connectivity index (χ2n) is 5.88. The second kappa shape index (κ2) is 5.78. The van der Waals surface area contributed by atoms with Crippen molar-refractivity contribution in [3.63, 3.8) is 0 Å². The highest BCUT2D eigenvalue weighted by atomic mass is 35.5. The van der Waals surface area contributed by atoms with Crippen LogP contribution < -0.4 is 0 Å². The van der Waals surface area contributed by atoms with Crippen molar-refractivity contribution in [1.29, 1.82) is 0 Å². The van der Waals surface area contributed by atoms with Crippen molar-refractivity contribution >= 4 is 28.6 Å². The average molecular weight is 329 g/mol. The zero-order valence-electron chi connectivity index (χ0n) is 12.7. The van der Waals surface area contributed by atoms with Gasteiger partial charge in [0.2, 0.25) is 0 Å². The van der Waals surface area contributed by atoms with Gasteiger partial charge in [0.05, 0.1) is 11.8 Å². The third kappa shape index (κ3) is 2.53. The number of hydrogen-bond acceptors (Lipinski definition) is 2. The van der Waals surface area contributed by atoms with E-state index in [4.69, 9.17) is 16.0 Å². The minimum absolute atomic E-state index is 0.0703. The molecule has 0 N–H and O–H groups in total. The van der Waals surface area contributed by atoms with Crippen LogP contribution in [0.1, 0.15) is 28.9 Å². The fourth-order valence-corrected chi connectivity index (χ4v) is 3.40. The van der Waals surface area contributed by atoms with Gasteiger partial charge in [-0.3, -0.25) is 4.79 Å². The molecule has 0 spiro atoms. The number of nitrogens with zero attached hydrogens (tertiary/aromatic N) is 2. The molecule has 0 atom stereocenters. The first kappa shape index (κ1) is 14.4. The van der Waals surface area contributed by atoms with E-state index in [0.717, 1.165) is 42.6 Å². The van der Waals surface area contributed by atoms with Gasteiger partial charge in [0.1, 0.15) is 5.69 Å². The molecule has 23 heavy (non-hydrogen) atoms. The SMILES string of the molecule is O=C(c1cc2occc2n1Cc1ccccc1Cl)N1CCCC1. The van der Waals surface area contributed by atoms with Gasteiger partial charge in [0.15, 0.2) is 5.58 Å². The van der Waals surface area contributed by atoms with E-state index < -0.39 is 0 Å². The van der Waals surface area contributed by atoms with E-state index in [1.807, 2.05) is 45.9 Å². The smallest absolute Gasteiger partial charge is 0.270 e. The van der Waals surface area contributed by atoms with Crippen molar-refractivity contribution < 1.29 is 9.21 Å². The van der Waals surface area contributed by atoms with Gasteiger partial charge in [-0.2, -0.15) is 0 Å². The summed E-state index contributed by atoms with van der Waals surface area (Å²) in [5.41, 5.74) is 3.32. The van der Waals surface area contributed by atoms with Crippen LogP contribution in [0.4, 0.5) is 0 Å². The minimum Gasteiger partial charge on any atom is -0.463 e. The minimum atomic E-state index is 0.0703. The lowest BCUT2D eigenvalue weighted by Gasteiger charge is -2.17. The van der Waals surface area contributed by atoms with E-state index in [-0.39, 0.29) is 5.91 Å². The Labute approximate surface area is 139 Å². The molecule has 2 aromatic heterocycles. The Kier molecular flexibility index (Phi) is 3.62. The molecule has 0 saturated carbocycles. The number of hydrogen-bond donors (Lipinski definition) is 0. The quantitative estimate of drug-likeness (QED) is 0.723. The molecule has 0 unspecified atom stereocenters. The number of benzene rings is 1. The summed E-state index contributed by atoms with van der Waals surface area (Å²) in [6.45, 7) is 2.21. The lowest BCUT2D eigenvalue weighted by atomic mass is 10.2. The molecular weight excluding hydrogens is 312 g/mol. The molecular formula is C18H17ClN2O2. The molecule has 1 aliphatic heterocycles. The molecule has 0 aliphatic carbocycles. The van der Waals surface area contributed by atoms with Gasteiger partial charge in [-0.05, 0) is 24.5 Å². The maximum Gasteiger partial charge on any atom is 0.270 e. The molecule has 1 aromatic carbocycles. The highest BCUT2D eigenvalue weighted by Crippen LogP contribution is 2.26. The number of halogens is 1. The largest absolute Gasteiger partial charge is 0.463 e. The summed E-state index contributed by atoms with van der Waals surface area (Å²) in [7, 11) is 0. The van der Waals surface area contributed by atoms with E-state index in [1.165, 1.54) is 0 Å². The Hall–Kier alpha value is -2.20. The number of furan rings is 1. The Morgan fingerprint density at radius 3 is 2.74 bits per heavy atom. The second-order valence-corrected chi connectivity index (χ2v) is 6.28. The Balaban J connectivity index is 1.77. The maximum atomic E-state index is 12.8. The number of carbonyl (C=O) groups is 1. The number of amides is 1. The predicted octanol–water partition coefficient (Wildman–Crippen LogP) is 4.17. The first-order valence-electron chi connectivity index (χ1n) is 7.83. The summed E-state index contributed by atoms with van der Waals surface area (Å²) in [5.74, 6) is 0.0703. The van der Waals surface area contributed by atoms with Crippen LogP contribution in [0.3, 0.4) is 0 Å². The summed E-state index contributed by atoms with van der Waals surface area (Å²) in [4.78, 5) is 14.8. The number of likely N-dealkylation sites (tertiary alicyclic amines) is 1. The van der Waals surface area contributed by atoms with Crippen LogP contribution in [0.5, 0.6) is 0 Å². The van der Waals surface area contributed by atoms with Crippen molar-refractivity contribution in [1.82, 2.24) is 9.47 Å². The number of fused-ring (bicyclic) bond motifs is 1. The molecule has 0 radical (unpaired) electrons. The normalized spacial score (nSPS) is 14.7. The number of carbonyl (C=O) groups excluding carboxylic acids is 1. The van der Waals surface area contributed by atoms with Crippen LogP contribution in [0.25, 0.3) is 11.1 Å². The fourth-order valence-electron chi connectivity index (χ4n) is 3.20. The van der Waals surface area contributed by atoms with E-state index in [2.05, 4.69) is 0 Å². The van der Waals surface area contributed by atoms with Crippen molar-refractivity contribution in [2.75, 3.05) is 13.1 Å². The molecule has 118 valence electrons. The highest BCUT2D eigenvalue weighted by Gasteiger charge is 2.24. The average Bonchev–Trinajstić information content (AvgIpc) is 3.26. The van der Waals surface area contributed by atoms with Crippen LogP contribution in [0.15, 0.2) is 47.1 Å². The molecule has 3 aromatic rings. The Morgan fingerprint density at radius 2 is 1.96 bits per heavy atom. The molecule has 1 amide bonds. The summed E-state index contributed by atoms with van der Waals surface area (Å²) in [6.07, 6.45) is 3.80. The van der Waals surface area contributed by atoms with Crippen LogP contribution in [-0.2, 0) is 6.54 Å². The van der Waals surface area contributed by atoms with E-state index in [1.54, 1.807) is 6.26 Å². The first-order valence-corrected chi connectivity index (χ1v) is 8.21. The lowest BCUT2D eigenvalue weighted by molar-refractivity contribution is 0.0783. The fraction of sp³-hybridized carbons (Fsp3) is 0.278. The molecule has 1 aliphatic rings. The predicted molar refractivity (Wildman–Crippen MR) is 89.9 cm³/mol. The van der Waals surface area contributed by atoms with Crippen LogP contribution >= 0.6 is 11.6 Å². The van der Waals surface area contributed by atoms with E-state index in [0.29, 0.717) is 17.3 Å². The van der Waals surface area contributed by atoms with Gasteiger partial charge in [-0.15, -0.1) is 0 Å². The zero-order chi connectivity index (χ0) is 15.8. The van der Waals surface area contributed by atoms with Crippen molar-refractivity contribution in [2.45, 2.75) is 19.4 Å². The zero-order valence-corrected chi connectivity index (χ0v) is 13.4. The van der Waals surface area contributed by atoms with Crippen LogP contribution in [0, 0.1) is 0 Å². The van der Waals surface area contributed by atoms with Gasteiger partial charge in [-0.25, -0.2) is 0 Å². The third-order valence-corrected chi connectivity index (χ3v) is 4.79. The molecule has 3 heterocycles. The third-order valence-electron chi connectivity index (χ3n) is 4.42.